The minimum Gasteiger partial charge on any atom is -0.352 e. The molecular formula is C13H17N5O. The van der Waals surface area contributed by atoms with Crippen molar-refractivity contribution >= 4 is 5.91 Å². The number of pyridine rings is 1. The lowest BCUT2D eigenvalue weighted by Crippen LogP contribution is -2.36. The van der Waals surface area contributed by atoms with E-state index in [1.54, 1.807) is 18.6 Å². The minimum absolute atomic E-state index is 0.0321. The SMILES string of the molecule is Cc1cccnc1C[C@H](C)NC(=O)Cn1ccnn1. The number of hydrogen-bond donors (Lipinski definition) is 1. The molecule has 2 aromatic rings. The quantitative estimate of drug-likeness (QED) is 0.859. The first-order chi connectivity index (χ1) is 9.15. The van der Waals surface area contributed by atoms with Crippen molar-refractivity contribution in [3.8, 4) is 0 Å². The van der Waals surface area contributed by atoms with Gasteiger partial charge in [-0.3, -0.25) is 9.78 Å². The van der Waals surface area contributed by atoms with Crippen LogP contribution in [-0.2, 0) is 17.8 Å². The number of carbonyl (C=O) groups is 1. The third kappa shape index (κ3) is 3.87. The molecule has 0 fully saturated rings. The zero-order valence-corrected chi connectivity index (χ0v) is 11.1. The van der Waals surface area contributed by atoms with Crippen molar-refractivity contribution in [1.82, 2.24) is 25.3 Å². The lowest BCUT2D eigenvalue weighted by atomic mass is 10.1. The maximum Gasteiger partial charge on any atom is 0.242 e. The number of amides is 1. The molecule has 0 aromatic carbocycles. The smallest absolute Gasteiger partial charge is 0.242 e. The maximum atomic E-state index is 11.8. The van der Waals surface area contributed by atoms with Crippen molar-refractivity contribution in [3.05, 3.63) is 42.0 Å². The molecule has 0 aliphatic rings. The molecule has 2 aromatic heterocycles. The van der Waals surface area contributed by atoms with E-state index >= 15 is 0 Å². The zero-order chi connectivity index (χ0) is 13.7. The number of aromatic nitrogens is 4. The van der Waals surface area contributed by atoms with E-state index in [0.29, 0.717) is 0 Å². The molecule has 1 atom stereocenters. The van der Waals surface area contributed by atoms with Gasteiger partial charge in [-0.05, 0) is 25.5 Å². The van der Waals surface area contributed by atoms with Crippen molar-refractivity contribution in [2.75, 3.05) is 0 Å². The summed E-state index contributed by atoms with van der Waals surface area (Å²) in [5.74, 6) is -0.0772. The van der Waals surface area contributed by atoms with Crippen molar-refractivity contribution in [2.45, 2.75) is 32.9 Å². The summed E-state index contributed by atoms with van der Waals surface area (Å²) < 4.78 is 1.49. The molecule has 0 radical (unpaired) electrons. The van der Waals surface area contributed by atoms with E-state index < -0.39 is 0 Å². The first kappa shape index (κ1) is 13.2. The largest absolute Gasteiger partial charge is 0.352 e. The lowest BCUT2D eigenvalue weighted by molar-refractivity contribution is -0.122. The molecule has 0 aliphatic carbocycles. The van der Waals surface area contributed by atoms with Crippen molar-refractivity contribution < 1.29 is 4.79 Å². The first-order valence-electron chi connectivity index (χ1n) is 6.19. The van der Waals surface area contributed by atoms with Crippen LogP contribution in [-0.4, -0.2) is 31.9 Å². The van der Waals surface area contributed by atoms with Crippen LogP contribution in [0.4, 0.5) is 0 Å². The normalized spacial score (nSPS) is 12.1. The van der Waals surface area contributed by atoms with E-state index in [0.717, 1.165) is 17.7 Å². The minimum atomic E-state index is -0.0772. The van der Waals surface area contributed by atoms with Gasteiger partial charge in [-0.2, -0.15) is 0 Å². The average Bonchev–Trinajstić information content (AvgIpc) is 2.84. The van der Waals surface area contributed by atoms with Gasteiger partial charge in [-0.1, -0.05) is 11.3 Å². The average molecular weight is 259 g/mol. The van der Waals surface area contributed by atoms with Gasteiger partial charge >= 0.3 is 0 Å². The molecule has 0 bridgehead atoms. The fourth-order valence-electron chi connectivity index (χ4n) is 1.86. The van der Waals surface area contributed by atoms with Crippen molar-refractivity contribution in [1.29, 1.82) is 0 Å². The predicted molar refractivity (Wildman–Crippen MR) is 70.3 cm³/mol. The fraction of sp³-hybridized carbons (Fsp3) is 0.385. The van der Waals surface area contributed by atoms with E-state index in [-0.39, 0.29) is 18.5 Å². The van der Waals surface area contributed by atoms with E-state index in [1.165, 1.54) is 4.68 Å². The van der Waals surface area contributed by atoms with E-state index in [4.69, 9.17) is 0 Å². The summed E-state index contributed by atoms with van der Waals surface area (Å²) in [6.45, 7) is 4.17. The Morgan fingerprint density at radius 3 is 3.00 bits per heavy atom. The van der Waals surface area contributed by atoms with Crippen molar-refractivity contribution in [3.63, 3.8) is 0 Å². The number of nitrogens with zero attached hydrogens (tertiary/aromatic N) is 4. The molecule has 0 saturated heterocycles. The highest BCUT2D eigenvalue weighted by Gasteiger charge is 2.10. The highest BCUT2D eigenvalue weighted by Crippen LogP contribution is 2.06. The van der Waals surface area contributed by atoms with Gasteiger partial charge in [-0.25, -0.2) is 4.68 Å². The van der Waals surface area contributed by atoms with E-state index in [1.807, 2.05) is 26.0 Å². The summed E-state index contributed by atoms with van der Waals surface area (Å²) in [6.07, 6.45) is 5.70. The first-order valence-corrected chi connectivity index (χ1v) is 6.19. The summed E-state index contributed by atoms with van der Waals surface area (Å²) >= 11 is 0. The van der Waals surface area contributed by atoms with Crippen molar-refractivity contribution in [2.24, 2.45) is 0 Å². The Morgan fingerprint density at radius 2 is 2.32 bits per heavy atom. The number of hydrogen-bond acceptors (Lipinski definition) is 4. The molecule has 2 rings (SSSR count). The van der Waals surface area contributed by atoms with Gasteiger partial charge < -0.3 is 5.32 Å². The van der Waals surface area contributed by atoms with E-state index in [9.17, 15) is 4.79 Å². The van der Waals surface area contributed by atoms with Crippen LogP contribution in [0.15, 0.2) is 30.7 Å². The maximum absolute atomic E-state index is 11.8. The summed E-state index contributed by atoms with van der Waals surface area (Å²) in [7, 11) is 0. The van der Waals surface area contributed by atoms with Crippen LogP contribution in [0.25, 0.3) is 0 Å². The molecule has 0 saturated carbocycles. The summed E-state index contributed by atoms with van der Waals surface area (Å²) in [5, 5.41) is 10.3. The van der Waals surface area contributed by atoms with E-state index in [2.05, 4.69) is 20.6 Å². The van der Waals surface area contributed by atoms with Gasteiger partial charge in [0.25, 0.3) is 0 Å². The Labute approximate surface area is 111 Å². The van der Waals surface area contributed by atoms with Gasteiger partial charge in [-0.15, -0.1) is 5.10 Å². The van der Waals surface area contributed by atoms with Crippen LogP contribution < -0.4 is 5.32 Å². The summed E-state index contributed by atoms with van der Waals surface area (Å²) in [5.41, 5.74) is 2.15. The lowest BCUT2D eigenvalue weighted by Gasteiger charge is -2.14. The number of carbonyl (C=O) groups excluding carboxylic acids is 1. The Kier molecular flexibility index (Phi) is 4.22. The van der Waals surface area contributed by atoms with Gasteiger partial charge in [0.15, 0.2) is 0 Å². The molecule has 6 nitrogen and oxygen atoms in total. The Bertz CT molecular complexity index is 538. The van der Waals surface area contributed by atoms with Crippen LogP contribution in [0.5, 0.6) is 0 Å². The van der Waals surface area contributed by atoms with Gasteiger partial charge in [0, 0.05) is 30.6 Å². The summed E-state index contributed by atoms with van der Waals surface area (Å²) in [6, 6.07) is 3.96. The van der Waals surface area contributed by atoms with Gasteiger partial charge in [0.2, 0.25) is 5.91 Å². The highest BCUT2D eigenvalue weighted by atomic mass is 16.2. The second-order valence-corrected chi connectivity index (χ2v) is 4.54. The third-order valence-electron chi connectivity index (χ3n) is 2.80. The molecule has 2 heterocycles. The third-order valence-corrected chi connectivity index (χ3v) is 2.80. The number of nitrogens with one attached hydrogen (secondary N) is 1. The Balaban J connectivity index is 1.86. The van der Waals surface area contributed by atoms with Crippen LogP contribution in [0.1, 0.15) is 18.2 Å². The Morgan fingerprint density at radius 1 is 1.47 bits per heavy atom. The topological polar surface area (TPSA) is 72.7 Å². The monoisotopic (exact) mass is 259 g/mol. The van der Waals surface area contributed by atoms with Gasteiger partial charge in [0.1, 0.15) is 6.54 Å². The standard InChI is InChI=1S/C13H17N5O/c1-10-4-3-5-14-12(10)8-11(2)16-13(19)9-18-7-6-15-17-18/h3-7,11H,8-9H2,1-2H3,(H,16,19)/t11-/m0/s1. The predicted octanol–water partition coefficient (Wildman–Crippen LogP) is 0.729. The molecule has 100 valence electrons. The molecule has 0 aliphatic heterocycles. The number of rotatable bonds is 5. The summed E-state index contributed by atoms with van der Waals surface area (Å²) in [4.78, 5) is 16.1. The zero-order valence-electron chi connectivity index (χ0n) is 11.1. The van der Waals surface area contributed by atoms with Crippen LogP contribution >= 0.6 is 0 Å². The molecule has 0 spiro atoms. The fourth-order valence-corrected chi connectivity index (χ4v) is 1.86. The van der Waals surface area contributed by atoms with Crippen LogP contribution in [0.3, 0.4) is 0 Å². The van der Waals surface area contributed by atoms with Gasteiger partial charge in [0.05, 0.1) is 6.20 Å². The van der Waals surface area contributed by atoms with Crippen LogP contribution in [0, 0.1) is 6.92 Å². The second-order valence-electron chi connectivity index (χ2n) is 4.54. The molecular weight excluding hydrogens is 242 g/mol. The Hall–Kier alpha value is -2.24. The van der Waals surface area contributed by atoms with Crippen LogP contribution in [0.2, 0.25) is 0 Å². The highest BCUT2D eigenvalue weighted by molar-refractivity contribution is 5.75. The molecule has 6 heteroatoms. The molecule has 1 amide bonds. The number of aryl methyl sites for hydroxylation is 1. The molecule has 1 N–H and O–H groups in total. The second kappa shape index (κ2) is 6.08. The molecule has 19 heavy (non-hydrogen) atoms. The molecule has 0 unspecified atom stereocenters.